The van der Waals surface area contributed by atoms with Crippen LogP contribution < -0.4 is 10.6 Å². The molecular formula is C13H21N3O. The number of anilines is 1. The number of aromatic nitrogens is 1. The smallest absolute Gasteiger partial charge is 0.269 e. The third-order valence-electron chi connectivity index (χ3n) is 2.55. The minimum atomic E-state index is -0.111. The zero-order valence-electron chi connectivity index (χ0n) is 10.8. The van der Waals surface area contributed by atoms with Gasteiger partial charge in [0.2, 0.25) is 0 Å². The molecule has 0 aliphatic rings. The van der Waals surface area contributed by atoms with Crippen LogP contribution in [0, 0.1) is 0 Å². The molecule has 1 amide bonds. The first-order valence-corrected chi connectivity index (χ1v) is 6.18. The van der Waals surface area contributed by atoms with Crippen LogP contribution in [-0.2, 0) is 0 Å². The largest absolute Gasteiger partial charge is 0.382 e. The van der Waals surface area contributed by atoms with Crippen LogP contribution in [0.2, 0.25) is 0 Å². The van der Waals surface area contributed by atoms with Crippen molar-refractivity contribution < 1.29 is 4.79 Å². The van der Waals surface area contributed by atoms with E-state index >= 15 is 0 Å². The Balaban J connectivity index is 2.68. The third-order valence-corrected chi connectivity index (χ3v) is 2.55. The molecule has 0 bridgehead atoms. The molecule has 0 spiro atoms. The third kappa shape index (κ3) is 4.43. The van der Waals surface area contributed by atoms with Gasteiger partial charge in [-0.25, -0.2) is 0 Å². The molecule has 0 fully saturated rings. The van der Waals surface area contributed by atoms with E-state index in [0.717, 1.165) is 18.5 Å². The number of nitrogens with zero attached hydrogens (tertiary/aromatic N) is 1. The molecule has 1 unspecified atom stereocenters. The van der Waals surface area contributed by atoms with Crippen molar-refractivity contribution in [3.8, 4) is 0 Å². The molecular weight excluding hydrogens is 214 g/mol. The summed E-state index contributed by atoms with van der Waals surface area (Å²) < 4.78 is 0. The molecule has 0 radical (unpaired) electrons. The van der Waals surface area contributed by atoms with Crippen LogP contribution in [0.3, 0.4) is 0 Å². The van der Waals surface area contributed by atoms with Crippen molar-refractivity contribution in [1.29, 1.82) is 0 Å². The summed E-state index contributed by atoms with van der Waals surface area (Å²) >= 11 is 0. The van der Waals surface area contributed by atoms with Gasteiger partial charge in [0.15, 0.2) is 0 Å². The minimum Gasteiger partial charge on any atom is -0.382 e. The Hall–Kier alpha value is -1.58. The van der Waals surface area contributed by atoms with Crippen molar-refractivity contribution in [1.82, 2.24) is 10.3 Å². The van der Waals surface area contributed by atoms with Crippen LogP contribution in [0.15, 0.2) is 18.3 Å². The molecule has 0 saturated carbocycles. The van der Waals surface area contributed by atoms with Crippen molar-refractivity contribution >= 4 is 11.6 Å². The second kappa shape index (κ2) is 6.89. The van der Waals surface area contributed by atoms with Crippen LogP contribution >= 0.6 is 0 Å². The topological polar surface area (TPSA) is 54.0 Å². The lowest BCUT2D eigenvalue weighted by molar-refractivity contribution is 0.0948. The molecule has 0 aliphatic heterocycles. The molecule has 4 heteroatoms. The van der Waals surface area contributed by atoms with Gasteiger partial charge in [-0.3, -0.25) is 9.78 Å². The molecule has 94 valence electrons. The maximum atomic E-state index is 11.7. The zero-order chi connectivity index (χ0) is 12.7. The van der Waals surface area contributed by atoms with Gasteiger partial charge in [0.05, 0.1) is 0 Å². The molecule has 0 aromatic carbocycles. The quantitative estimate of drug-likeness (QED) is 0.796. The number of pyridine rings is 1. The van der Waals surface area contributed by atoms with E-state index < -0.39 is 0 Å². The standard InChI is InChI=1S/C13H21N3O/c1-4-7-15-13(17)12-9-11(6-8-14-12)16-10(3)5-2/h6,8-10H,4-5,7H2,1-3H3,(H,14,16)(H,15,17). The number of amides is 1. The highest BCUT2D eigenvalue weighted by Gasteiger charge is 2.07. The van der Waals surface area contributed by atoms with Gasteiger partial charge < -0.3 is 10.6 Å². The van der Waals surface area contributed by atoms with Crippen LogP contribution in [0.25, 0.3) is 0 Å². The van der Waals surface area contributed by atoms with Gasteiger partial charge >= 0.3 is 0 Å². The van der Waals surface area contributed by atoms with Crippen LogP contribution in [-0.4, -0.2) is 23.5 Å². The molecule has 17 heavy (non-hydrogen) atoms. The lowest BCUT2D eigenvalue weighted by Gasteiger charge is -2.13. The van der Waals surface area contributed by atoms with Crippen molar-refractivity contribution in [2.75, 3.05) is 11.9 Å². The lowest BCUT2D eigenvalue weighted by atomic mass is 10.2. The van der Waals surface area contributed by atoms with Crippen molar-refractivity contribution in [2.24, 2.45) is 0 Å². The van der Waals surface area contributed by atoms with Gasteiger partial charge in [-0.15, -0.1) is 0 Å². The predicted molar refractivity (Wildman–Crippen MR) is 70.2 cm³/mol. The molecule has 1 aromatic rings. The summed E-state index contributed by atoms with van der Waals surface area (Å²) in [5.74, 6) is -0.111. The second-order valence-corrected chi connectivity index (χ2v) is 4.14. The van der Waals surface area contributed by atoms with E-state index in [1.54, 1.807) is 12.3 Å². The molecule has 4 nitrogen and oxygen atoms in total. The fraction of sp³-hybridized carbons (Fsp3) is 0.538. The predicted octanol–water partition coefficient (Wildman–Crippen LogP) is 2.43. The summed E-state index contributed by atoms with van der Waals surface area (Å²) in [4.78, 5) is 15.8. The normalized spacial score (nSPS) is 11.9. The first-order valence-electron chi connectivity index (χ1n) is 6.18. The maximum absolute atomic E-state index is 11.7. The van der Waals surface area contributed by atoms with Crippen LogP contribution in [0.5, 0.6) is 0 Å². The fourth-order valence-electron chi connectivity index (χ4n) is 1.36. The summed E-state index contributed by atoms with van der Waals surface area (Å²) in [6, 6.07) is 4.06. The van der Waals surface area contributed by atoms with Gasteiger partial charge in [-0.2, -0.15) is 0 Å². The number of rotatable bonds is 6. The fourth-order valence-corrected chi connectivity index (χ4v) is 1.36. The lowest BCUT2D eigenvalue weighted by Crippen LogP contribution is -2.25. The molecule has 1 rings (SSSR count). The summed E-state index contributed by atoms with van der Waals surface area (Å²) in [6.07, 6.45) is 3.63. The number of hydrogen-bond donors (Lipinski definition) is 2. The summed E-state index contributed by atoms with van der Waals surface area (Å²) in [5, 5.41) is 6.14. The van der Waals surface area contributed by atoms with Crippen molar-refractivity contribution in [3.05, 3.63) is 24.0 Å². The Bertz CT molecular complexity index is 365. The Morgan fingerprint density at radius 2 is 2.24 bits per heavy atom. The number of carbonyl (C=O) groups excluding carboxylic acids is 1. The number of hydrogen-bond acceptors (Lipinski definition) is 3. The van der Waals surface area contributed by atoms with Gasteiger partial charge in [-0.05, 0) is 31.9 Å². The van der Waals surface area contributed by atoms with Crippen molar-refractivity contribution in [2.45, 2.75) is 39.7 Å². The Morgan fingerprint density at radius 3 is 2.88 bits per heavy atom. The minimum absolute atomic E-state index is 0.111. The monoisotopic (exact) mass is 235 g/mol. The van der Waals surface area contributed by atoms with Gasteiger partial charge in [-0.1, -0.05) is 13.8 Å². The highest BCUT2D eigenvalue weighted by atomic mass is 16.1. The van der Waals surface area contributed by atoms with E-state index in [2.05, 4.69) is 29.5 Å². The summed E-state index contributed by atoms with van der Waals surface area (Å²) in [6.45, 7) is 6.93. The highest BCUT2D eigenvalue weighted by Crippen LogP contribution is 2.10. The SMILES string of the molecule is CCCNC(=O)c1cc(NC(C)CC)ccn1. The van der Waals surface area contributed by atoms with E-state index in [9.17, 15) is 4.79 Å². The molecule has 1 atom stereocenters. The molecule has 1 heterocycles. The van der Waals surface area contributed by atoms with Crippen LogP contribution in [0.1, 0.15) is 44.1 Å². The Labute approximate surface area is 103 Å². The average Bonchev–Trinajstić information content (AvgIpc) is 2.36. The first kappa shape index (κ1) is 13.5. The number of nitrogens with one attached hydrogen (secondary N) is 2. The van der Waals surface area contributed by atoms with E-state index in [0.29, 0.717) is 18.3 Å². The Kier molecular flexibility index (Phi) is 5.46. The van der Waals surface area contributed by atoms with E-state index in [1.165, 1.54) is 0 Å². The van der Waals surface area contributed by atoms with E-state index in [-0.39, 0.29) is 5.91 Å². The average molecular weight is 235 g/mol. The molecule has 0 saturated heterocycles. The Morgan fingerprint density at radius 1 is 1.47 bits per heavy atom. The second-order valence-electron chi connectivity index (χ2n) is 4.14. The summed E-state index contributed by atoms with van der Waals surface area (Å²) in [5.41, 5.74) is 1.41. The van der Waals surface area contributed by atoms with Crippen molar-refractivity contribution in [3.63, 3.8) is 0 Å². The molecule has 1 aromatic heterocycles. The zero-order valence-corrected chi connectivity index (χ0v) is 10.8. The maximum Gasteiger partial charge on any atom is 0.269 e. The first-order chi connectivity index (χ1) is 8.17. The molecule has 0 aliphatic carbocycles. The van der Waals surface area contributed by atoms with E-state index in [4.69, 9.17) is 0 Å². The van der Waals surface area contributed by atoms with Gasteiger partial charge in [0.1, 0.15) is 5.69 Å². The van der Waals surface area contributed by atoms with Gasteiger partial charge in [0.25, 0.3) is 5.91 Å². The summed E-state index contributed by atoms with van der Waals surface area (Å²) in [7, 11) is 0. The highest BCUT2D eigenvalue weighted by molar-refractivity contribution is 5.93. The molecule has 2 N–H and O–H groups in total. The number of carbonyl (C=O) groups is 1. The van der Waals surface area contributed by atoms with Gasteiger partial charge in [0, 0.05) is 24.5 Å². The van der Waals surface area contributed by atoms with Crippen LogP contribution in [0.4, 0.5) is 5.69 Å². The van der Waals surface area contributed by atoms with E-state index in [1.807, 2.05) is 13.0 Å².